The van der Waals surface area contributed by atoms with Gasteiger partial charge in [-0.3, -0.25) is 24.5 Å². The summed E-state index contributed by atoms with van der Waals surface area (Å²) in [5.41, 5.74) is 0.971. The fourth-order valence-corrected chi connectivity index (χ4v) is 4.45. The number of benzene rings is 4. The number of carboxylic acid groups (broad SMARTS) is 1. The van der Waals surface area contributed by atoms with Gasteiger partial charge in [-0.1, -0.05) is 30.3 Å². The lowest BCUT2D eigenvalue weighted by Gasteiger charge is -2.12. The molecule has 0 radical (unpaired) electrons. The summed E-state index contributed by atoms with van der Waals surface area (Å²) in [6.07, 6.45) is 1.24. The predicted octanol–water partition coefficient (Wildman–Crippen LogP) is 5.43. The largest absolute Gasteiger partial charge is 0.478 e. The Labute approximate surface area is 249 Å². The highest BCUT2D eigenvalue weighted by Crippen LogP contribution is 2.23. The Morgan fingerprint density at radius 1 is 0.767 bits per heavy atom. The first-order chi connectivity index (χ1) is 20.7. The third kappa shape index (κ3) is 8.62. The van der Waals surface area contributed by atoms with Crippen molar-refractivity contribution < 1.29 is 29.2 Å². The van der Waals surface area contributed by atoms with E-state index in [0.717, 1.165) is 4.90 Å². The Kier molecular flexibility index (Phi) is 10.0. The highest BCUT2D eigenvalue weighted by molar-refractivity contribution is 8.00. The lowest BCUT2D eigenvalue weighted by atomic mass is 10.1. The number of nitro groups is 1. The highest BCUT2D eigenvalue weighted by atomic mass is 32.2. The molecule has 3 amide bonds. The van der Waals surface area contributed by atoms with Gasteiger partial charge in [-0.25, -0.2) is 4.79 Å². The monoisotopic (exact) mass is 596 g/mol. The zero-order valence-corrected chi connectivity index (χ0v) is 23.2. The molecular formula is C31H24N4O7S. The summed E-state index contributed by atoms with van der Waals surface area (Å²) in [6, 6.07) is 26.5. The van der Waals surface area contributed by atoms with Gasteiger partial charge in [-0.15, -0.1) is 11.8 Å². The Morgan fingerprint density at radius 2 is 1.37 bits per heavy atom. The second kappa shape index (κ2) is 14.2. The number of nitrogens with one attached hydrogen (secondary N) is 3. The molecular weight excluding hydrogens is 572 g/mol. The van der Waals surface area contributed by atoms with Gasteiger partial charge < -0.3 is 21.1 Å². The van der Waals surface area contributed by atoms with Crippen molar-refractivity contribution in [2.75, 3.05) is 16.4 Å². The topological polar surface area (TPSA) is 168 Å². The normalized spacial score (nSPS) is 10.8. The summed E-state index contributed by atoms with van der Waals surface area (Å²) < 4.78 is 0. The molecule has 0 spiro atoms. The number of rotatable bonds is 11. The summed E-state index contributed by atoms with van der Waals surface area (Å²) in [6.45, 7) is 0. The molecule has 216 valence electrons. The number of thioether (sulfide) groups is 1. The quantitative estimate of drug-likeness (QED) is 0.0769. The van der Waals surface area contributed by atoms with E-state index < -0.39 is 22.7 Å². The molecule has 4 aromatic carbocycles. The Hall–Kier alpha value is -5.75. The van der Waals surface area contributed by atoms with Crippen LogP contribution in [0.15, 0.2) is 114 Å². The molecule has 4 N–H and O–H groups in total. The number of aromatic carboxylic acids is 1. The summed E-state index contributed by atoms with van der Waals surface area (Å²) in [7, 11) is 0. The van der Waals surface area contributed by atoms with Crippen LogP contribution in [0.1, 0.15) is 26.3 Å². The fourth-order valence-electron chi connectivity index (χ4n) is 3.75. The molecule has 0 unspecified atom stereocenters. The molecule has 0 aromatic heterocycles. The molecule has 4 rings (SSSR count). The number of amides is 3. The van der Waals surface area contributed by atoms with Crippen LogP contribution in [0.25, 0.3) is 6.08 Å². The van der Waals surface area contributed by atoms with Crippen LogP contribution < -0.4 is 16.0 Å². The molecule has 4 aromatic rings. The van der Waals surface area contributed by atoms with Crippen LogP contribution in [0.4, 0.5) is 17.1 Å². The smallest absolute Gasteiger partial charge is 0.335 e. The van der Waals surface area contributed by atoms with Gasteiger partial charge in [0, 0.05) is 27.9 Å². The Bertz CT molecular complexity index is 1690. The van der Waals surface area contributed by atoms with Crippen molar-refractivity contribution in [2.45, 2.75) is 4.90 Å². The fraction of sp³-hybridized carbons (Fsp3) is 0.0323. The summed E-state index contributed by atoms with van der Waals surface area (Å²) in [5.74, 6) is -2.53. The first kappa shape index (κ1) is 30.2. The van der Waals surface area contributed by atoms with Crippen molar-refractivity contribution in [1.82, 2.24) is 5.32 Å². The van der Waals surface area contributed by atoms with Gasteiger partial charge in [0.25, 0.3) is 17.5 Å². The third-order valence-corrected chi connectivity index (χ3v) is 6.87. The number of anilines is 2. The lowest BCUT2D eigenvalue weighted by Crippen LogP contribution is -2.30. The molecule has 12 heteroatoms. The molecule has 0 heterocycles. The van der Waals surface area contributed by atoms with Crippen LogP contribution in [0.2, 0.25) is 0 Å². The SMILES string of the molecule is O=C(CSc1ccc(NC(=O)/C(=C/c2ccccc2[N+](=O)[O-])NC(=O)c2ccccc2)cc1)Nc1ccc(C(=O)O)cc1. The van der Waals surface area contributed by atoms with Crippen molar-refractivity contribution in [3.05, 3.63) is 136 Å². The average molecular weight is 597 g/mol. The van der Waals surface area contributed by atoms with Gasteiger partial charge in [0.2, 0.25) is 5.91 Å². The van der Waals surface area contributed by atoms with Crippen molar-refractivity contribution >= 4 is 58.6 Å². The van der Waals surface area contributed by atoms with E-state index in [2.05, 4.69) is 16.0 Å². The molecule has 0 saturated carbocycles. The van der Waals surface area contributed by atoms with Gasteiger partial charge in [0.05, 0.1) is 21.8 Å². The number of hydrogen-bond acceptors (Lipinski definition) is 7. The molecule has 0 fully saturated rings. The number of nitro benzene ring substituents is 1. The number of carbonyl (C=O) groups is 4. The van der Waals surface area contributed by atoms with E-state index >= 15 is 0 Å². The van der Waals surface area contributed by atoms with Gasteiger partial charge in [-0.05, 0) is 72.8 Å². The zero-order valence-electron chi connectivity index (χ0n) is 22.4. The first-order valence-corrected chi connectivity index (χ1v) is 13.7. The van der Waals surface area contributed by atoms with Gasteiger partial charge in [0.15, 0.2) is 0 Å². The molecule has 0 atom stereocenters. The molecule has 0 aliphatic rings. The standard InChI is InChI=1S/C31H24N4O7S/c36-28(32-23-12-10-21(11-13-23)31(39)40)19-43-25-16-14-24(15-17-25)33-30(38)26(34-29(37)20-6-2-1-3-7-20)18-22-8-4-5-9-27(22)35(41)42/h1-18H,19H2,(H,32,36)(H,33,38)(H,34,37)(H,39,40)/b26-18-. The third-order valence-electron chi connectivity index (χ3n) is 5.86. The Balaban J connectivity index is 1.42. The second-order valence-electron chi connectivity index (χ2n) is 8.89. The van der Waals surface area contributed by atoms with Crippen LogP contribution in [-0.4, -0.2) is 39.5 Å². The van der Waals surface area contributed by atoms with Gasteiger partial charge >= 0.3 is 5.97 Å². The van der Waals surface area contributed by atoms with Crippen molar-refractivity contribution in [3.8, 4) is 0 Å². The number of nitrogens with zero attached hydrogens (tertiary/aromatic N) is 1. The van der Waals surface area contributed by atoms with E-state index in [1.54, 1.807) is 60.7 Å². The number of hydrogen-bond donors (Lipinski definition) is 4. The summed E-state index contributed by atoms with van der Waals surface area (Å²) >= 11 is 1.25. The van der Waals surface area contributed by atoms with Crippen LogP contribution in [-0.2, 0) is 9.59 Å². The molecule has 11 nitrogen and oxygen atoms in total. The summed E-state index contributed by atoms with van der Waals surface area (Å²) in [4.78, 5) is 61.0. The summed E-state index contributed by atoms with van der Waals surface area (Å²) in [5, 5.41) is 28.4. The highest BCUT2D eigenvalue weighted by Gasteiger charge is 2.18. The lowest BCUT2D eigenvalue weighted by molar-refractivity contribution is -0.385. The molecule has 0 saturated heterocycles. The maximum absolute atomic E-state index is 13.2. The van der Waals surface area contributed by atoms with Gasteiger partial charge in [0.1, 0.15) is 5.70 Å². The van der Waals surface area contributed by atoms with Gasteiger partial charge in [-0.2, -0.15) is 0 Å². The van der Waals surface area contributed by atoms with E-state index in [9.17, 15) is 29.3 Å². The van der Waals surface area contributed by atoms with Crippen LogP contribution in [0, 0.1) is 10.1 Å². The number of carbonyl (C=O) groups excluding carboxylic acids is 3. The van der Waals surface area contributed by atoms with E-state index in [1.807, 2.05) is 0 Å². The molecule has 0 aliphatic heterocycles. The van der Waals surface area contributed by atoms with Crippen molar-refractivity contribution in [1.29, 1.82) is 0 Å². The molecule has 43 heavy (non-hydrogen) atoms. The minimum Gasteiger partial charge on any atom is -0.478 e. The first-order valence-electron chi connectivity index (χ1n) is 12.7. The Morgan fingerprint density at radius 3 is 2.02 bits per heavy atom. The van der Waals surface area contributed by atoms with E-state index in [0.29, 0.717) is 16.9 Å². The van der Waals surface area contributed by atoms with Crippen LogP contribution >= 0.6 is 11.8 Å². The predicted molar refractivity (Wildman–Crippen MR) is 163 cm³/mol. The second-order valence-corrected chi connectivity index (χ2v) is 9.94. The van der Waals surface area contributed by atoms with E-state index in [4.69, 9.17) is 5.11 Å². The minimum absolute atomic E-state index is 0.0840. The van der Waals surface area contributed by atoms with Crippen molar-refractivity contribution in [2.24, 2.45) is 0 Å². The van der Waals surface area contributed by atoms with Crippen LogP contribution in [0.5, 0.6) is 0 Å². The molecule has 0 bridgehead atoms. The van der Waals surface area contributed by atoms with E-state index in [-0.39, 0.29) is 34.2 Å². The number of para-hydroxylation sites is 1. The minimum atomic E-state index is -1.06. The van der Waals surface area contributed by atoms with E-state index in [1.165, 1.54) is 60.3 Å². The number of carboxylic acids is 1. The average Bonchev–Trinajstić information content (AvgIpc) is 3.01. The zero-order chi connectivity index (χ0) is 30.8. The van der Waals surface area contributed by atoms with Crippen LogP contribution in [0.3, 0.4) is 0 Å². The molecule has 0 aliphatic carbocycles. The maximum atomic E-state index is 13.2. The van der Waals surface area contributed by atoms with Crippen molar-refractivity contribution in [3.63, 3.8) is 0 Å². The maximum Gasteiger partial charge on any atom is 0.335 e.